The van der Waals surface area contributed by atoms with Crippen molar-refractivity contribution >= 4 is 17.6 Å². The second-order valence-electron chi connectivity index (χ2n) is 1.91. The second kappa shape index (κ2) is 4.98. The van der Waals surface area contributed by atoms with Gasteiger partial charge in [-0.25, -0.2) is 0 Å². The maximum Gasteiger partial charge on any atom is 0.00104 e. The molecule has 1 unspecified atom stereocenters. The van der Waals surface area contributed by atoms with Crippen LogP contribution in [0.4, 0.5) is 0 Å². The molecule has 0 radical (unpaired) electrons. The first kappa shape index (κ1) is 7.83. The van der Waals surface area contributed by atoms with Crippen molar-refractivity contribution in [2.75, 3.05) is 0 Å². The SMILES string of the molecule is CCC(C)/C=C\C=S. The Bertz CT molecular complexity index is 84.4. The fraction of sp³-hybridized carbons (Fsp3) is 0.571. The number of hydrogen-bond donors (Lipinski definition) is 0. The van der Waals surface area contributed by atoms with Crippen LogP contribution >= 0.6 is 12.2 Å². The molecule has 46 valence electrons. The third kappa shape index (κ3) is 4.00. The van der Waals surface area contributed by atoms with E-state index in [1.54, 1.807) is 5.37 Å². The summed E-state index contributed by atoms with van der Waals surface area (Å²) in [7, 11) is 0. The van der Waals surface area contributed by atoms with Gasteiger partial charge < -0.3 is 0 Å². The molecule has 0 aromatic heterocycles. The van der Waals surface area contributed by atoms with E-state index in [0.29, 0.717) is 5.92 Å². The topological polar surface area (TPSA) is 0 Å². The van der Waals surface area contributed by atoms with Gasteiger partial charge >= 0.3 is 0 Å². The van der Waals surface area contributed by atoms with Crippen LogP contribution in [0, 0.1) is 5.92 Å². The van der Waals surface area contributed by atoms with Crippen molar-refractivity contribution in [3.8, 4) is 0 Å². The first-order valence-corrected chi connectivity index (χ1v) is 3.40. The summed E-state index contributed by atoms with van der Waals surface area (Å²) in [6.07, 6.45) is 5.23. The van der Waals surface area contributed by atoms with Crippen molar-refractivity contribution in [3.63, 3.8) is 0 Å². The Labute approximate surface area is 56.6 Å². The average Bonchev–Trinajstić information content (AvgIpc) is 1.83. The van der Waals surface area contributed by atoms with Crippen LogP contribution in [0.5, 0.6) is 0 Å². The van der Waals surface area contributed by atoms with Crippen molar-refractivity contribution in [1.82, 2.24) is 0 Å². The van der Waals surface area contributed by atoms with Crippen LogP contribution in [0.2, 0.25) is 0 Å². The minimum atomic E-state index is 0.675. The van der Waals surface area contributed by atoms with Crippen LogP contribution in [-0.2, 0) is 0 Å². The van der Waals surface area contributed by atoms with Crippen LogP contribution in [0.25, 0.3) is 0 Å². The van der Waals surface area contributed by atoms with Crippen molar-refractivity contribution in [3.05, 3.63) is 12.2 Å². The summed E-state index contributed by atoms with van der Waals surface area (Å²) >= 11 is 4.61. The molecule has 0 bridgehead atoms. The van der Waals surface area contributed by atoms with Gasteiger partial charge in [0.05, 0.1) is 0 Å². The molecule has 0 aliphatic heterocycles. The zero-order chi connectivity index (χ0) is 6.41. The largest absolute Gasteiger partial charge is 0.0887 e. The van der Waals surface area contributed by atoms with Gasteiger partial charge in [-0.3, -0.25) is 0 Å². The summed E-state index contributed by atoms with van der Waals surface area (Å²) in [6, 6.07) is 0. The summed E-state index contributed by atoms with van der Waals surface area (Å²) < 4.78 is 0. The summed E-state index contributed by atoms with van der Waals surface area (Å²) in [5.41, 5.74) is 0. The molecular weight excluding hydrogens is 116 g/mol. The molecule has 0 saturated heterocycles. The third-order valence-electron chi connectivity index (χ3n) is 1.16. The lowest BCUT2D eigenvalue weighted by Gasteiger charge is -1.95. The van der Waals surface area contributed by atoms with Crippen LogP contribution < -0.4 is 0 Å². The quantitative estimate of drug-likeness (QED) is 0.416. The first-order chi connectivity index (χ1) is 3.81. The molecule has 0 saturated carbocycles. The van der Waals surface area contributed by atoms with E-state index in [9.17, 15) is 0 Å². The zero-order valence-electron chi connectivity index (χ0n) is 5.42. The number of hydrogen-bond acceptors (Lipinski definition) is 1. The molecular formula is C7H12S. The van der Waals surface area contributed by atoms with E-state index >= 15 is 0 Å². The molecule has 1 heteroatoms. The fourth-order valence-electron chi connectivity index (χ4n) is 0.371. The van der Waals surface area contributed by atoms with Crippen molar-refractivity contribution < 1.29 is 0 Å². The summed E-state index contributed by atoms with van der Waals surface area (Å²) in [6.45, 7) is 4.34. The van der Waals surface area contributed by atoms with Gasteiger partial charge in [-0.2, -0.15) is 0 Å². The van der Waals surface area contributed by atoms with E-state index in [0.717, 1.165) is 0 Å². The highest BCUT2D eigenvalue weighted by molar-refractivity contribution is 7.79. The highest BCUT2D eigenvalue weighted by Gasteiger charge is 1.86. The molecule has 0 aromatic rings. The molecule has 8 heavy (non-hydrogen) atoms. The lowest BCUT2D eigenvalue weighted by atomic mass is 10.1. The molecule has 0 rings (SSSR count). The van der Waals surface area contributed by atoms with Crippen molar-refractivity contribution in [2.24, 2.45) is 5.92 Å². The first-order valence-electron chi connectivity index (χ1n) is 2.93. The van der Waals surface area contributed by atoms with E-state index in [4.69, 9.17) is 0 Å². The van der Waals surface area contributed by atoms with Crippen molar-refractivity contribution in [1.29, 1.82) is 0 Å². The van der Waals surface area contributed by atoms with Crippen LogP contribution in [-0.4, -0.2) is 5.37 Å². The van der Waals surface area contributed by atoms with E-state index in [-0.39, 0.29) is 0 Å². The predicted molar refractivity (Wildman–Crippen MR) is 42.3 cm³/mol. The lowest BCUT2D eigenvalue weighted by molar-refractivity contribution is 0.699. The zero-order valence-corrected chi connectivity index (χ0v) is 6.24. The predicted octanol–water partition coefficient (Wildman–Crippen LogP) is 2.59. The standard InChI is InChI=1S/C7H12S/c1-3-7(2)5-4-6-8/h4-7H,3H2,1-2H3/b5-4-. The summed E-state index contributed by atoms with van der Waals surface area (Å²) in [5.74, 6) is 0.675. The number of rotatable bonds is 3. The molecule has 0 aliphatic rings. The Morgan fingerprint density at radius 1 is 1.62 bits per heavy atom. The van der Waals surface area contributed by atoms with Gasteiger partial charge in [0.1, 0.15) is 0 Å². The Kier molecular flexibility index (Phi) is 4.87. The van der Waals surface area contributed by atoms with Gasteiger partial charge in [0.15, 0.2) is 0 Å². The van der Waals surface area contributed by atoms with E-state index in [1.165, 1.54) is 6.42 Å². The molecule has 0 N–H and O–H groups in total. The molecule has 0 aliphatic carbocycles. The Morgan fingerprint density at radius 3 is 2.62 bits per heavy atom. The van der Waals surface area contributed by atoms with Crippen LogP contribution in [0.15, 0.2) is 12.2 Å². The van der Waals surface area contributed by atoms with Gasteiger partial charge in [-0.1, -0.05) is 44.6 Å². The maximum atomic E-state index is 4.61. The molecule has 1 atom stereocenters. The molecule has 0 fully saturated rings. The van der Waals surface area contributed by atoms with Gasteiger partial charge in [-0.15, -0.1) is 0 Å². The monoisotopic (exact) mass is 128 g/mol. The summed E-state index contributed by atoms with van der Waals surface area (Å²) in [4.78, 5) is 0. The minimum absolute atomic E-state index is 0.675. The third-order valence-corrected chi connectivity index (χ3v) is 1.32. The molecule has 0 heterocycles. The van der Waals surface area contributed by atoms with E-state index in [1.807, 2.05) is 6.08 Å². The fourth-order valence-corrected chi connectivity index (χ4v) is 0.462. The van der Waals surface area contributed by atoms with Crippen molar-refractivity contribution in [2.45, 2.75) is 20.3 Å². The van der Waals surface area contributed by atoms with Gasteiger partial charge in [0.2, 0.25) is 0 Å². The normalized spacial score (nSPS) is 14.2. The van der Waals surface area contributed by atoms with Gasteiger partial charge in [0.25, 0.3) is 0 Å². The number of allylic oxidation sites excluding steroid dienone is 2. The maximum absolute atomic E-state index is 4.61. The van der Waals surface area contributed by atoms with Crippen LogP contribution in [0.3, 0.4) is 0 Å². The second-order valence-corrected chi connectivity index (χ2v) is 2.18. The molecule has 0 amide bonds. The lowest BCUT2D eigenvalue weighted by Crippen LogP contribution is -1.82. The van der Waals surface area contributed by atoms with E-state index in [2.05, 4.69) is 32.1 Å². The summed E-state index contributed by atoms with van der Waals surface area (Å²) in [5, 5.41) is 1.64. The smallest absolute Gasteiger partial charge is 0.00104 e. The Balaban J connectivity index is 3.35. The minimum Gasteiger partial charge on any atom is -0.0887 e. The Hall–Kier alpha value is -0.170. The van der Waals surface area contributed by atoms with Crippen LogP contribution in [0.1, 0.15) is 20.3 Å². The highest BCUT2D eigenvalue weighted by Crippen LogP contribution is 2.00. The highest BCUT2D eigenvalue weighted by atomic mass is 32.1. The molecule has 0 aromatic carbocycles. The molecule has 0 nitrogen and oxygen atoms in total. The molecule has 0 spiro atoms. The Morgan fingerprint density at radius 2 is 2.25 bits per heavy atom. The average molecular weight is 128 g/mol. The van der Waals surface area contributed by atoms with E-state index < -0.39 is 0 Å². The number of thiocarbonyl (C=S) groups is 1. The van der Waals surface area contributed by atoms with Gasteiger partial charge in [0, 0.05) is 5.37 Å². The van der Waals surface area contributed by atoms with Gasteiger partial charge in [-0.05, 0) is 5.92 Å².